The molecule has 3 rings (SSSR count). The Morgan fingerprint density at radius 1 is 1.24 bits per heavy atom. The number of alkyl carbamates (subject to hydrolysis) is 1. The van der Waals surface area contributed by atoms with Crippen molar-refractivity contribution >= 4 is 23.9 Å². The average Bonchev–Trinajstić information content (AvgIpc) is 3.30. The third kappa shape index (κ3) is 8.77. The van der Waals surface area contributed by atoms with Crippen molar-refractivity contribution in [2.75, 3.05) is 13.2 Å². The first kappa shape index (κ1) is 33.6. The first-order chi connectivity index (χ1) is 16.5. The molecule has 1 radical (unpaired) electrons. The largest absolute Gasteiger partial charge is 0.464 e. The topological polar surface area (TPSA) is 114 Å². The number of amides is 3. The van der Waals surface area contributed by atoms with E-state index in [1.165, 1.54) is 4.90 Å². The van der Waals surface area contributed by atoms with Crippen molar-refractivity contribution in [3.63, 3.8) is 0 Å². The molecule has 1 aliphatic carbocycles. The van der Waals surface area contributed by atoms with Crippen LogP contribution < -0.4 is 10.6 Å². The molecule has 2 fully saturated rings. The fraction of sp³-hybridized carbons (Fsp3) is 0.704. The molecule has 0 unspecified atom stereocenters. The minimum Gasteiger partial charge on any atom is -0.464 e. The fourth-order valence-electron chi connectivity index (χ4n) is 4.88. The molecular formula is C27H43N3O6Y-2. The number of nitrogens with zero attached hydrogens (tertiary/aromatic N) is 1. The van der Waals surface area contributed by atoms with Crippen LogP contribution in [0.3, 0.4) is 0 Å². The van der Waals surface area contributed by atoms with Gasteiger partial charge in [0.15, 0.2) is 0 Å². The van der Waals surface area contributed by atoms with E-state index in [-0.39, 0.29) is 70.4 Å². The molecule has 10 heteroatoms. The summed E-state index contributed by atoms with van der Waals surface area (Å²) in [5.74, 6) is -1.42. The van der Waals surface area contributed by atoms with Gasteiger partial charge in [0.05, 0.1) is 6.61 Å². The van der Waals surface area contributed by atoms with Gasteiger partial charge in [-0.1, -0.05) is 25.0 Å². The van der Waals surface area contributed by atoms with E-state index in [1.54, 1.807) is 27.7 Å². The molecule has 1 saturated heterocycles. The van der Waals surface area contributed by atoms with E-state index in [1.807, 2.05) is 12.2 Å². The number of hydrogen-bond acceptors (Lipinski definition) is 6. The molecule has 0 bridgehead atoms. The van der Waals surface area contributed by atoms with Crippen molar-refractivity contribution < 1.29 is 61.4 Å². The van der Waals surface area contributed by atoms with Gasteiger partial charge in [0, 0.05) is 38.6 Å². The molecule has 2 N–H and O–H groups in total. The summed E-state index contributed by atoms with van der Waals surface area (Å²) < 4.78 is 10.7. The molecule has 9 nitrogen and oxygen atoms in total. The van der Waals surface area contributed by atoms with Gasteiger partial charge in [-0.25, -0.2) is 9.59 Å². The molecule has 2 aliphatic heterocycles. The number of carbonyl (C=O) groups is 4. The van der Waals surface area contributed by atoms with Gasteiger partial charge in [-0.3, -0.25) is 9.59 Å². The zero-order chi connectivity index (χ0) is 25.8. The number of ether oxygens (including phenoxy) is 2. The summed E-state index contributed by atoms with van der Waals surface area (Å²) in [7, 11) is 0. The summed E-state index contributed by atoms with van der Waals surface area (Å²) >= 11 is 0. The van der Waals surface area contributed by atoms with Crippen LogP contribution in [0.1, 0.15) is 72.6 Å². The van der Waals surface area contributed by atoms with Crippen molar-refractivity contribution in [2.45, 2.75) is 95.9 Å². The molecule has 0 aromatic rings. The van der Waals surface area contributed by atoms with Gasteiger partial charge in [0.1, 0.15) is 23.2 Å². The van der Waals surface area contributed by atoms with Crippen LogP contribution in [0, 0.1) is 26.2 Å². The second-order valence-corrected chi connectivity index (χ2v) is 10.9. The smallest absolute Gasteiger partial charge is 0.408 e. The van der Waals surface area contributed by atoms with Crippen molar-refractivity contribution in [3.8, 4) is 0 Å². The number of fused-ring (bicyclic) bond motifs is 2. The van der Waals surface area contributed by atoms with Crippen LogP contribution in [0.25, 0.3) is 0 Å². The second-order valence-electron chi connectivity index (χ2n) is 10.9. The Labute approximate surface area is 247 Å². The van der Waals surface area contributed by atoms with Gasteiger partial charge in [-0.15, -0.1) is 5.92 Å². The summed E-state index contributed by atoms with van der Waals surface area (Å²) in [5, 5.41) is 5.65. The van der Waals surface area contributed by atoms with E-state index in [0.717, 1.165) is 25.7 Å². The monoisotopic (exact) mass is 594 g/mol. The van der Waals surface area contributed by atoms with E-state index < -0.39 is 35.3 Å². The number of allylic oxidation sites excluding steroid dienone is 1. The van der Waals surface area contributed by atoms with Gasteiger partial charge < -0.3 is 39.4 Å². The third-order valence-electron chi connectivity index (χ3n) is 6.70. The number of esters is 1. The minimum atomic E-state index is -1.09. The first-order valence-corrected chi connectivity index (χ1v) is 12.8. The Kier molecular flexibility index (Phi) is 12.8. The van der Waals surface area contributed by atoms with Gasteiger partial charge in [-0.2, -0.15) is 0 Å². The van der Waals surface area contributed by atoms with Crippen LogP contribution in [0.4, 0.5) is 4.79 Å². The average molecular weight is 595 g/mol. The molecule has 0 aromatic heterocycles. The van der Waals surface area contributed by atoms with E-state index in [4.69, 9.17) is 9.47 Å². The van der Waals surface area contributed by atoms with Gasteiger partial charge in [-0.05, 0) is 66.3 Å². The maximum Gasteiger partial charge on any atom is 0.408 e. The maximum atomic E-state index is 13.6. The Hall–Kier alpha value is -1.48. The van der Waals surface area contributed by atoms with Crippen LogP contribution in [0.15, 0.2) is 12.2 Å². The Morgan fingerprint density at radius 3 is 2.59 bits per heavy atom. The number of carbonyl (C=O) groups excluding carboxylic acids is 4. The van der Waals surface area contributed by atoms with E-state index in [2.05, 4.69) is 17.6 Å². The van der Waals surface area contributed by atoms with Crippen molar-refractivity contribution in [1.29, 1.82) is 0 Å². The SMILES string of the molecule is [CH2-][C@@H]1C[C@H]2C(=O)N[C@]3(C(=O)OCC)C[C@H]3/C=C\CCCCC[C@H](NC(=O)OC(C)(C)C)C(=O)N2C1.[CH3-].[Y]. The van der Waals surface area contributed by atoms with Gasteiger partial charge in [0.25, 0.3) is 0 Å². The zero-order valence-electron chi connectivity index (χ0n) is 23.0. The predicted molar refractivity (Wildman–Crippen MR) is 136 cm³/mol. The normalized spacial score (nSPS) is 31.0. The van der Waals surface area contributed by atoms with Gasteiger partial charge >= 0.3 is 12.1 Å². The van der Waals surface area contributed by atoms with Crippen molar-refractivity contribution in [1.82, 2.24) is 15.5 Å². The van der Waals surface area contributed by atoms with E-state index in [0.29, 0.717) is 25.8 Å². The third-order valence-corrected chi connectivity index (χ3v) is 6.70. The first-order valence-electron chi connectivity index (χ1n) is 12.8. The fourth-order valence-corrected chi connectivity index (χ4v) is 4.88. The molecule has 1 saturated carbocycles. The second kappa shape index (κ2) is 14.1. The summed E-state index contributed by atoms with van der Waals surface area (Å²) in [5.41, 5.74) is -1.79. The summed E-state index contributed by atoms with van der Waals surface area (Å²) in [6.45, 7) is 11.6. The molecule has 0 spiro atoms. The molecule has 2 heterocycles. The van der Waals surface area contributed by atoms with Crippen LogP contribution >= 0.6 is 0 Å². The quantitative estimate of drug-likeness (QED) is 0.295. The molecule has 0 aromatic carbocycles. The summed E-state index contributed by atoms with van der Waals surface area (Å²) in [6, 6.07) is -1.58. The Morgan fingerprint density at radius 2 is 1.95 bits per heavy atom. The van der Waals surface area contributed by atoms with Crippen molar-refractivity contribution in [3.05, 3.63) is 26.5 Å². The Bertz CT molecular complexity index is 858. The molecule has 5 atom stereocenters. The molecule has 207 valence electrons. The summed E-state index contributed by atoms with van der Waals surface area (Å²) in [6.07, 6.45) is 8.07. The molecule has 3 amide bonds. The van der Waals surface area contributed by atoms with E-state index >= 15 is 0 Å². The molecular weight excluding hydrogens is 551 g/mol. The number of nitrogens with one attached hydrogen (secondary N) is 2. The maximum absolute atomic E-state index is 13.6. The summed E-state index contributed by atoms with van der Waals surface area (Å²) in [4.78, 5) is 53.8. The Balaban J connectivity index is 0.00000342. The standard InChI is InChI=1S/C26H40N3O6.CH3.Y/c1-6-34-23(32)26-15-18(26)12-10-8-7-9-11-13-19(27-24(33)35-25(3,4)5)22(31)29-16-17(2)14-20(29)21(30)28-26;;/h10,12,17-20H,2,6-9,11,13-16H2,1,3-5H3,(H,27,33)(H,28,30);1H3;/q2*-1;/b12-10-;;/t17-,18-,19+,20+,26-;;/m1../s1. The predicted octanol–water partition coefficient (Wildman–Crippen LogP) is 3.34. The van der Waals surface area contributed by atoms with Gasteiger partial charge in [0.2, 0.25) is 11.8 Å². The zero-order valence-corrected chi connectivity index (χ0v) is 25.8. The van der Waals surface area contributed by atoms with Crippen LogP contribution in [0.5, 0.6) is 0 Å². The van der Waals surface area contributed by atoms with Crippen LogP contribution in [0.2, 0.25) is 0 Å². The van der Waals surface area contributed by atoms with Crippen molar-refractivity contribution in [2.24, 2.45) is 11.8 Å². The van der Waals surface area contributed by atoms with Crippen LogP contribution in [-0.4, -0.2) is 65.2 Å². The van der Waals surface area contributed by atoms with E-state index in [9.17, 15) is 19.2 Å². The molecule has 3 aliphatic rings. The number of hydrogen-bond donors (Lipinski definition) is 2. The molecule has 37 heavy (non-hydrogen) atoms. The van der Waals surface area contributed by atoms with Crippen LogP contribution in [-0.2, 0) is 56.6 Å². The minimum absolute atomic E-state index is 0. The number of rotatable bonds is 3.